The van der Waals surface area contributed by atoms with E-state index in [2.05, 4.69) is 5.32 Å². The fourth-order valence-corrected chi connectivity index (χ4v) is 3.03. The van der Waals surface area contributed by atoms with E-state index in [1.807, 2.05) is 25.1 Å². The van der Waals surface area contributed by atoms with Gasteiger partial charge >= 0.3 is 0 Å². The smallest absolute Gasteiger partial charge is 0.255 e. The predicted octanol–water partition coefficient (Wildman–Crippen LogP) is 3.14. The molecule has 1 N–H and O–H groups in total. The number of carbonyl (C=O) groups is 1. The molecule has 19 heavy (non-hydrogen) atoms. The molecule has 4 heteroatoms. The van der Waals surface area contributed by atoms with E-state index in [9.17, 15) is 4.79 Å². The highest BCUT2D eigenvalue weighted by atomic mass is 35.5. The van der Waals surface area contributed by atoms with Crippen LogP contribution in [0.5, 0.6) is 5.75 Å². The van der Waals surface area contributed by atoms with Crippen LogP contribution in [0.15, 0.2) is 18.2 Å². The monoisotopic (exact) mass is 281 g/mol. The second-order valence-corrected chi connectivity index (χ2v) is 5.44. The van der Waals surface area contributed by atoms with E-state index in [0.717, 1.165) is 24.8 Å². The third kappa shape index (κ3) is 3.21. The first kappa shape index (κ1) is 14.2. The maximum atomic E-state index is 12.4. The second-order valence-electron chi connectivity index (χ2n) is 5.13. The Morgan fingerprint density at radius 2 is 2.26 bits per heavy atom. The summed E-state index contributed by atoms with van der Waals surface area (Å²) in [7, 11) is 1.58. The molecule has 1 fully saturated rings. The molecule has 0 spiro atoms. The number of ether oxygens (including phenoxy) is 1. The molecule has 0 radical (unpaired) electrons. The van der Waals surface area contributed by atoms with E-state index >= 15 is 0 Å². The largest absolute Gasteiger partial charge is 0.496 e. The topological polar surface area (TPSA) is 38.3 Å². The number of carbonyl (C=O) groups excluding carboxylic acids is 1. The van der Waals surface area contributed by atoms with Crippen LogP contribution in [0.1, 0.15) is 35.2 Å². The fraction of sp³-hybridized carbons (Fsp3) is 0.533. The van der Waals surface area contributed by atoms with E-state index in [0.29, 0.717) is 23.1 Å². The lowest BCUT2D eigenvalue weighted by Gasteiger charge is -2.19. The maximum absolute atomic E-state index is 12.4. The van der Waals surface area contributed by atoms with Crippen LogP contribution in [0.2, 0.25) is 0 Å². The van der Waals surface area contributed by atoms with Gasteiger partial charge in [0, 0.05) is 11.9 Å². The van der Waals surface area contributed by atoms with Crippen LogP contribution in [0, 0.1) is 12.8 Å². The van der Waals surface area contributed by atoms with Crippen molar-refractivity contribution in [3.8, 4) is 5.75 Å². The van der Waals surface area contributed by atoms with Crippen molar-refractivity contribution in [2.75, 3.05) is 13.0 Å². The molecule has 1 amide bonds. The van der Waals surface area contributed by atoms with Gasteiger partial charge in [-0.25, -0.2) is 0 Å². The number of amides is 1. The zero-order valence-electron chi connectivity index (χ0n) is 11.4. The Kier molecular flexibility index (Phi) is 4.70. The Balaban J connectivity index is 2.13. The van der Waals surface area contributed by atoms with Gasteiger partial charge in [0.25, 0.3) is 5.91 Å². The van der Waals surface area contributed by atoms with Gasteiger partial charge < -0.3 is 10.1 Å². The van der Waals surface area contributed by atoms with Gasteiger partial charge in [0.1, 0.15) is 5.75 Å². The summed E-state index contributed by atoms with van der Waals surface area (Å²) in [5, 5.41) is 3.09. The summed E-state index contributed by atoms with van der Waals surface area (Å²) in [6, 6.07) is 5.82. The minimum Gasteiger partial charge on any atom is -0.496 e. The van der Waals surface area contributed by atoms with Crippen molar-refractivity contribution < 1.29 is 9.53 Å². The molecular weight excluding hydrogens is 262 g/mol. The Hall–Kier alpha value is -1.22. The molecule has 1 aromatic carbocycles. The van der Waals surface area contributed by atoms with Crippen molar-refractivity contribution in [2.24, 2.45) is 5.92 Å². The van der Waals surface area contributed by atoms with Gasteiger partial charge in [-0.05, 0) is 37.8 Å². The third-order valence-corrected chi connectivity index (χ3v) is 4.17. The summed E-state index contributed by atoms with van der Waals surface area (Å²) in [4.78, 5) is 12.4. The third-order valence-electron chi connectivity index (χ3n) is 3.77. The molecule has 1 saturated carbocycles. The van der Waals surface area contributed by atoms with Crippen molar-refractivity contribution in [3.05, 3.63) is 29.3 Å². The number of halogens is 1. The summed E-state index contributed by atoms with van der Waals surface area (Å²) in [5.74, 6) is 1.54. The van der Waals surface area contributed by atoms with Gasteiger partial charge in [0.05, 0.1) is 12.7 Å². The van der Waals surface area contributed by atoms with Crippen molar-refractivity contribution >= 4 is 17.5 Å². The zero-order valence-corrected chi connectivity index (χ0v) is 12.2. The molecule has 0 bridgehead atoms. The summed E-state index contributed by atoms with van der Waals surface area (Å²) in [5.41, 5.74) is 1.65. The zero-order chi connectivity index (χ0) is 13.8. The van der Waals surface area contributed by atoms with E-state index in [-0.39, 0.29) is 11.9 Å². The molecule has 2 atom stereocenters. The quantitative estimate of drug-likeness (QED) is 0.861. The molecule has 1 aromatic rings. The Bertz CT molecular complexity index is 461. The predicted molar refractivity (Wildman–Crippen MR) is 77.0 cm³/mol. The van der Waals surface area contributed by atoms with Crippen molar-refractivity contribution in [3.63, 3.8) is 0 Å². The number of methoxy groups -OCH3 is 1. The number of nitrogens with one attached hydrogen (secondary N) is 1. The van der Waals surface area contributed by atoms with Gasteiger partial charge in [-0.15, -0.1) is 11.6 Å². The van der Waals surface area contributed by atoms with Gasteiger partial charge in [-0.1, -0.05) is 18.1 Å². The number of rotatable bonds is 4. The maximum Gasteiger partial charge on any atom is 0.255 e. The van der Waals surface area contributed by atoms with E-state index in [1.165, 1.54) is 0 Å². The highest BCUT2D eigenvalue weighted by molar-refractivity contribution is 6.18. The highest BCUT2D eigenvalue weighted by Crippen LogP contribution is 2.27. The van der Waals surface area contributed by atoms with Gasteiger partial charge in [0.15, 0.2) is 0 Å². The molecule has 0 heterocycles. The lowest BCUT2D eigenvalue weighted by atomic mass is 10.0. The minimum atomic E-state index is -0.0671. The molecule has 1 aliphatic carbocycles. The summed E-state index contributed by atoms with van der Waals surface area (Å²) >= 11 is 5.94. The SMILES string of the molecule is COc1ccc(C)cc1C(=O)NC1CCCC1CCl. The minimum absolute atomic E-state index is 0.0671. The van der Waals surface area contributed by atoms with E-state index < -0.39 is 0 Å². The molecule has 3 nitrogen and oxygen atoms in total. The molecule has 0 aromatic heterocycles. The second kappa shape index (κ2) is 6.29. The lowest BCUT2D eigenvalue weighted by Crippen LogP contribution is -2.38. The van der Waals surface area contributed by atoms with Crippen molar-refractivity contribution in [1.29, 1.82) is 0 Å². The molecule has 104 valence electrons. The fourth-order valence-electron chi connectivity index (χ4n) is 2.66. The van der Waals surface area contributed by atoms with Crippen molar-refractivity contribution in [1.82, 2.24) is 5.32 Å². The molecule has 0 aliphatic heterocycles. The standard InChI is InChI=1S/C15H20ClNO2/c1-10-6-7-14(19-2)12(8-10)15(18)17-13-5-3-4-11(13)9-16/h6-8,11,13H,3-5,9H2,1-2H3,(H,17,18). The van der Waals surface area contributed by atoms with E-state index in [4.69, 9.17) is 16.3 Å². The van der Waals surface area contributed by atoms with Crippen LogP contribution in [-0.4, -0.2) is 24.9 Å². The normalized spacial score (nSPS) is 22.3. The van der Waals surface area contributed by atoms with Crippen LogP contribution in [0.25, 0.3) is 0 Å². The summed E-state index contributed by atoms with van der Waals surface area (Å²) < 4.78 is 5.25. The highest BCUT2D eigenvalue weighted by Gasteiger charge is 2.28. The first-order valence-corrected chi connectivity index (χ1v) is 7.20. The van der Waals surface area contributed by atoms with Crippen LogP contribution >= 0.6 is 11.6 Å². The Morgan fingerprint density at radius 1 is 1.47 bits per heavy atom. The summed E-state index contributed by atoms with van der Waals surface area (Å²) in [6.07, 6.45) is 3.24. The van der Waals surface area contributed by atoms with Crippen LogP contribution in [-0.2, 0) is 0 Å². The Labute approximate surface area is 119 Å². The lowest BCUT2D eigenvalue weighted by molar-refractivity contribution is 0.0927. The van der Waals surface area contributed by atoms with Crippen LogP contribution in [0.3, 0.4) is 0 Å². The first-order valence-electron chi connectivity index (χ1n) is 6.67. The van der Waals surface area contributed by atoms with Gasteiger partial charge in [-0.3, -0.25) is 4.79 Å². The number of hydrogen-bond donors (Lipinski definition) is 1. The first-order chi connectivity index (χ1) is 9.15. The summed E-state index contributed by atoms with van der Waals surface area (Å²) in [6.45, 7) is 1.97. The number of alkyl halides is 1. The Morgan fingerprint density at radius 3 is 2.95 bits per heavy atom. The average Bonchev–Trinajstić information content (AvgIpc) is 2.85. The average molecular weight is 282 g/mol. The van der Waals surface area contributed by atoms with Crippen LogP contribution in [0.4, 0.5) is 0 Å². The van der Waals surface area contributed by atoms with Crippen LogP contribution < -0.4 is 10.1 Å². The molecule has 2 unspecified atom stereocenters. The number of hydrogen-bond acceptors (Lipinski definition) is 2. The number of aryl methyl sites for hydroxylation is 1. The molecule has 0 saturated heterocycles. The molecule has 1 aliphatic rings. The van der Waals surface area contributed by atoms with Gasteiger partial charge in [0.2, 0.25) is 0 Å². The number of benzene rings is 1. The molecular formula is C15H20ClNO2. The van der Waals surface area contributed by atoms with Gasteiger partial charge in [-0.2, -0.15) is 0 Å². The van der Waals surface area contributed by atoms with Crippen molar-refractivity contribution in [2.45, 2.75) is 32.2 Å². The van der Waals surface area contributed by atoms with E-state index in [1.54, 1.807) is 7.11 Å². The molecule has 2 rings (SSSR count).